The second kappa shape index (κ2) is 6.97. The molecule has 4 nitrogen and oxygen atoms in total. The van der Waals surface area contributed by atoms with E-state index in [2.05, 4.69) is 22.0 Å². The number of benzene rings is 1. The van der Waals surface area contributed by atoms with Crippen LogP contribution in [-0.4, -0.2) is 54.0 Å². The summed E-state index contributed by atoms with van der Waals surface area (Å²) >= 11 is 0. The topological polar surface area (TPSA) is 35.6 Å². The lowest BCUT2D eigenvalue weighted by atomic mass is 9.97. The summed E-state index contributed by atoms with van der Waals surface area (Å²) in [7, 11) is 0. The number of anilines is 1. The van der Waals surface area contributed by atoms with Gasteiger partial charge in [-0.05, 0) is 57.0 Å². The van der Waals surface area contributed by atoms with Gasteiger partial charge >= 0.3 is 0 Å². The van der Waals surface area contributed by atoms with Crippen molar-refractivity contribution in [3.05, 3.63) is 29.6 Å². The fourth-order valence-corrected chi connectivity index (χ4v) is 3.70. The summed E-state index contributed by atoms with van der Waals surface area (Å²) in [5.41, 5.74) is 1.44. The number of amides is 1. The average molecular weight is 319 g/mol. The van der Waals surface area contributed by atoms with Crippen molar-refractivity contribution in [2.24, 2.45) is 0 Å². The number of halogens is 1. The molecule has 2 heterocycles. The number of carbonyl (C=O) groups excluding carboxylic acids is 1. The highest BCUT2D eigenvalue weighted by Crippen LogP contribution is 2.24. The lowest BCUT2D eigenvalue weighted by Gasteiger charge is -2.49. The highest BCUT2D eigenvalue weighted by Gasteiger charge is 2.35. The molecule has 0 radical (unpaired) electrons. The fraction of sp³-hybridized carbons (Fsp3) is 0.611. The summed E-state index contributed by atoms with van der Waals surface area (Å²) in [4.78, 5) is 16.9. The average Bonchev–Trinajstić information content (AvgIpc) is 2.46. The maximum atomic E-state index is 13.1. The van der Waals surface area contributed by atoms with Crippen LogP contribution in [0.2, 0.25) is 0 Å². The summed E-state index contributed by atoms with van der Waals surface area (Å²) in [6, 6.07) is 5.71. The molecular formula is C18H26FN3O. The largest absolute Gasteiger partial charge is 0.325 e. The van der Waals surface area contributed by atoms with Crippen LogP contribution in [0.1, 0.15) is 31.7 Å². The molecule has 1 amide bonds. The maximum Gasteiger partial charge on any atom is 0.238 e. The van der Waals surface area contributed by atoms with Gasteiger partial charge in [-0.3, -0.25) is 14.6 Å². The third-order valence-corrected chi connectivity index (χ3v) is 5.09. The van der Waals surface area contributed by atoms with Gasteiger partial charge in [-0.1, -0.05) is 6.42 Å². The van der Waals surface area contributed by atoms with Gasteiger partial charge in [0.2, 0.25) is 5.91 Å². The predicted molar refractivity (Wildman–Crippen MR) is 90.0 cm³/mol. The third kappa shape index (κ3) is 3.90. The van der Waals surface area contributed by atoms with E-state index in [1.807, 2.05) is 0 Å². The van der Waals surface area contributed by atoms with Crippen molar-refractivity contribution in [1.29, 1.82) is 0 Å². The van der Waals surface area contributed by atoms with E-state index in [-0.39, 0.29) is 11.7 Å². The van der Waals surface area contributed by atoms with Gasteiger partial charge in [-0.15, -0.1) is 0 Å². The normalized spacial score (nSPS) is 23.5. The van der Waals surface area contributed by atoms with E-state index in [1.165, 1.54) is 37.9 Å². The van der Waals surface area contributed by atoms with Crippen LogP contribution in [0.25, 0.3) is 0 Å². The van der Waals surface area contributed by atoms with Gasteiger partial charge in [-0.25, -0.2) is 4.39 Å². The standard InChI is InChI=1S/C18H26FN3O/c1-13-9-15(19)6-7-17(13)20-18(23)12-21-10-16(11-21)22-8-4-3-5-14(22)2/h6-7,9,14,16H,3-5,8,10-12H2,1-2H3,(H,20,23)/t14-/m1/s1. The van der Waals surface area contributed by atoms with Crippen LogP contribution in [0, 0.1) is 12.7 Å². The number of aryl methyl sites for hydroxylation is 1. The molecule has 0 aromatic heterocycles. The first-order valence-electron chi connectivity index (χ1n) is 8.57. The van der Waals surface area contributed by atoms with Crippen LogP contribution < -0.4 is 5.32 Å². The van der Waals surface area contributed by atoms with Crippen LogP contribution in [0.15, 0.2) is 18.2 Å². The Kier molecular flexibility index (Phi) is 4.97. The van der Waals surface area contributed by atoms with Gasteiger partial charge in [0.05, 0.1) is 6.54 Å². The first-order chi connectivity index (χ1) is 11.0. The van der Waals surface area contributed by atoms with Gasteiger partial charge in [0.25, 0.3) is 0 Å². The van der Waals surface area contributed by atoms with Crippen LogP contribution in [0.5, 0.6) is 0 Å². The number of nitrogens with one attached hydrogen (secondary N) is 1. The van der Waals surface area contributed by atoms with E-state index < -0.39 is 0 Å². The van der Waals surface area contributed by atoms with Crippen molar-refractivity contribution in [2.45, 2.75) is 45.2 Å². The Hall–Kier alpha value is -1.46. The molecule has 0 saturated carbocycles. The molecule has 2 fully saturated rings. The first kappa shape index (κ1) is 16.4. The fourth-order valence-electron chi connectivity index (χ4n) is 3.70. The Balaban J connectivity index is 1.45. The van der Waals surface area contributed by atoms with Crippen LogP contribution in [0.4, 0.5) is 10.1 Å². The van der Waals surface area contributed by atoms with Crippen molar-refractivity contribution in [2.75, 3.05) is 31.5 Å². The van der Waals surface area contributed by atoms with Gasteiger partial charge in [0, 0.05) is 30.9 Å². The molecule has 0 spiro atoms. The smallest absolute Gasteiger partial charge is 0.238 e. The molecule has 2 saturated heterocycles. The second-order valence-electron chi connectivity index (χ2n) is 6.94. The highest BCUT2D eigenvalue weighted by atomic mass is 19.1. The number of carbonyl (C=O) groups is 1. The number of hydrogen-bond acceptors (Lipinski definition) is 3. The first-order valence-corrected chi connectivity index (χ1v) is 8.57. The van der Waals surface area contributed by atoms with Crippen LogP contribution in [-0.2, 0) is 4.79 Å². The van der Waals surface area contributed by atoms with E-state index in [0.29, 0.717) is 24.3 Å². The molecule has 2 aliphatic heterocycles. The zero-order chi connectivity index (χ0) is 16.4. The van der Waals surface area contributed by atoms with Crippen LogP contribution >= 0.6 is 0 Å². The lowest BCUT2D eigenvalue weighted by Crippen LogP contribution is -2.63. The summed E-state index contributed by atoms with van der Waals surface area (Å²) in [5.74, 6) is -0.299. The SMILES string of the molecule is Cc1cc(F)ccc1NC(=O)CN1CC(N2CCCC[C@H]2C)C1. The molecule has 23 heavy (non-hydrogen) atoms. The third-order valence-electron chi connectivity index (χ3n) is 5.09. The lowest BCUT2D eigenvalue weighted by molar-refractivity contribution is -0.119. The molecule has 0 bridgehead atoms. The number of rotatable bonds is 4. The number of piperidine rings is 1. The molecule has 1 aromatic carbocycles. The van der Waals surface area contributed by atoms with E-state index in [9.17, 15) is 9.18 Å². The van der Waals surface area contributed by atoms with E-state index in [1.54, 1.807) is 13.0 Å². The Bertz CT molecular complexity index is 571. The monoisotopic (exact) mass is 319 g/mol. The van der Waals surface area contributed by atoms with Crippen LogP contribution in [0.3, 0.4) is 0 Å². The molecule has 1 N–H and O–H groups in total. The summed E-state index contributed by atoms with van der Waals surface area (Å²) in [6.07, 6.45) is 3.93. The van der Waals surface area contributed by atoms with Crippen molar-refractivity contribution in [3.8, 4) is 0 Å². The molecular weight excluding hydrogens is 293 g/mol. The molecule has 126 valence electrons. The van der Waals surface area contributed by atoms with Crippen molar-refractivity contribution in [3.63, 3.8) is 0 Å². The predicted octanol–water partition coefficient (Wildman–Crippen LogP) is 2.63. The second-order valence-corrected chi connectivity index (χ2v) is 6.94. The molecule has 5 heteroatoms. The molecule has 2 aliphatic rings. The van der Waals surface area contributed by atoms with Crippen molar-refractivity contribution >= 4 is 11.6 Å². The minimum atomic E-state index is -0.276. The van der Waals surface area contributed by atoms with Gasteiger partial charge in [0.1, 0.15) is 5.82 Å². The van der Waals surface area contributed by atoms with Gasteiger partial charge in [0.15, 0.2) is 0 Å². The van der Waals surface area contributed by atoms with Gasteiger partial charge in [-0.2, -0.15) is 0 Å². The molecule has 0 unspecified atom stereocenters. The number of likely N-dealkylation sites (tertiary alicyclic amines) is 2. The molecule has 0 aliphatic carbocycles. The van der Waals surface area contributed by atoms with Gasteiger partial charge < -0.3 is 5.32 Å². The van der Waals surface area contributed by atoms with Crippen molar-refractivity contribution in [1.82, 2.24) is 9.80 Å². The minimum Gasteiger partial charge on any atom is -0.325 e. The van der Waals surface area contributed by atoms with Crippen molar-refractivity contribution < 1.29 is 9.18 Å². The Labute approximate surface area is 137 Å². The highest BCUT2D eigenvalue weighted by molar-refractivity contribution is 5.93. The maximum absolute atomic E-state index is 13.1. The number of nitrogens with zero attached hydrogens (tertiary/aromatic N) is 2. The summed E-state index contributed by atoms with van der Waals surface area (Å²) in [6.45, 7) is 7.67. The summed E-state index contributed by atoms with van der Waals surface area (Å²) < 4.78 is 13.1. The quantitative estimate of drug-likeness (QED) is 0.927. The van der Waals surface area contributed by atoms with E-state index in [0.717, 1.165) is 18.7 Å². The van der Waals surface area contributed by atoms with E-state index >= 15 is 0 Å². The molecule has 3 rings (SSSR count). The number of hydrogen-bond donors (Lipinski definition) is 1. The summed E-state index contributed by atoms with van der Waals surface area (Å²) in [5, 5.41) is 2.88. The van der Waals surface area contributed by atoms with E-state index in [4.69, 9.17) is 0 Å². The zero-order valence-corrected chi connectivity index (χ0v) is 14.0. The molecule has 1 atom stereocenters. The minimum absolute atomic E-state index is 0.0233. The Morgan fingerprint density at radius 1 is 1.35 bits per heavy atom. The Morgan fingerprint density at radius 2 is 2.13 bits per heavy atom. The Morgan fingerprint density at radius 3 is 2.83 bits per heavy atom. The zero-order valence-electron chi connectivity index (χ0n) is 14.0. The molecule has 1 aromatic rings.